The van der Waals surface area contributed by atoms with E-state index < -0.39 is 4.92 Å². The van der Waals surface area contributed by atoms with Gasteiger partial charge in [-0.25, -0.2) is 0 Å². The van der Waals surface area contributed by atoms with Crippen molar-refractivity contribution < 1.29 is 14.5 Å². The number of nitro groups is 1. The van der Waals surface area contributed by atoms with Crippen LogP contribution in [0.15, 0.2) is 54.6 Å². The Labute approximate surface area is 162 Å². The third-order valence-corrected chi connectivity index (χ3v) is 4.70. The fourth-order valence-electron chi connectivity index (χ4n) is 3.12. The number of carbonyl (C=O) groups excluding carboxylic acids is 2. The van der Waals surface area contributed by atoms with Crippen LogP contribution in [0.3, 0.4) is 0 Å². The number of carbonyl (C=O) groups is 2. The molecule has 1 heterocycles. The van der Waals surface area contributed by atoms with E-state index in [1.807, 2.05) is 18.2 Å². The summed E-state index contributed by atoms with van der Waals surface area (Å²) >= 11 is 0. The summed E-state index contributed by atoms with van der Waals surface area (Å²) in [5.41, 5.74) is 1.78. The third-order valence-electron chi connectivity index (χ3n) is 4.70. The zero-order chi connectivity index (χ0) is 19.9. The molecule has 1 aliphatic rings. The van der Waals surface area contributed by atoms with Crippen molar-refractivity contribution in [3.8, 4) is 0 Å². The lowest BCUT2D eigenvalue weighted by molar-refractivity contribution is -0.384. The van der Waals surface area contributed by atoms with Crippen molar-refractivity contribution in [2.45, 2.75) is 6.42 Å². The van der Waals surface area contributed by atoms with Gasteiger partial charge in [-0.15, -0.1) is 0 Å². The van der Waals surface area contributed by atoms with Crippen LogP contribution in [-0.2, 0) is 16.0 Å². The summed E-state index contributed by atoms with van der Waals surface area (Å²) < 4.78 is 0. The van der Waals surface area contributed by atoms with Crippen LogP contribution in [0.25, 0.3) is 0 Å². The van der Waals surface area contributed by atoms with Gasteiger partial charge in [-0.3, -0.25) is 19.7 Å². The minimum Gasteiger partial charge on any atom is -0.368 e. The summed E-state index contributed by atoms with van der Waals surface area (Å²) in [6.07, 6.45) is 0.0764. The van der Waals surface area contributed by atoms with Crippen LogP contribution < -0.4 is 10.2 Å². The van der Waals surface area contributed by atoms with Crippen LogP contribution in [-0.4, -0.2) is 54.4 Å². The lowest BCUT2D eigenvalue weighted by Crippen LogP contribution is -2.51. The van der Waals surface area contributed by atoms with Crippen molar-refractivity contribution in [3.63, 3.8) is 0 Å². The average molecular weight is 382 g/mol. The largest absolute Gasteiger partial charge is 0.368 e. The van der Waals surface area contributed by atoms with Gasteiger partial charge in [-0.1, -0.05) is 30.3 Å². The highest BCUT2D eigenvalue weighted by Gasteiger charge is 2.21. The molecule has 1 saturated heterocycles. The summed E-state index contributed by atoms with van der Waals surface area (Å²) in [5.74, 6) is -0.394. The Bertz CT molecular complexity index is 831. The number of hydrogen-bond donors (Lipinski definition) is 1. The Morgan fingerprint density at radius 1 is 0.964 bits per heavy atom. The van der Waals surface area contributed by atoms with Gasteiger partial charge >= 0.3 is 0 Å². The summed E-state index contributed by atoms with van der Waals surface area (Å²) in [5, 5.41) is 13.3. The summed E-state index contributed by atoms with van der Waals surface area (Å²) in [6, 6.07) is 15.9. The summed E-state index contributed by atoms with van der Waals surface area (Å²) in [6.45, 7) is 2.70. The molecule has 146 valence electrons. The fourth-order valence-corrected chi connectivity index (χ4v) is 3.12. The lowest BCUT2D eigenvalue weighted by atomic mass is 10.1. The topological polar surface area (TPSA) is 95.8 Å². The summed E-state index contributed by atoms with van der Waals surface area (Å²) in [4.78, 5) is 38.5. The Hall–Kier alpha value is -3.42. The number of nitro benzene ring substituents is 1. The number of nitrogens with zero attached hydrogens (tertiary/aromatic N) is 3. The van der Waals surface area contributed by atoms with Crippen LogP contribution in [0.4, 0.5) is 11.4 Å². The first kappa shape index (κ1) is 19.3. The number of benzene rings is 2. The Balaban J connectivity index is 1.41. The van der Waals surface area contributed by atoms with Crippen LogP contribution >= 0.6 is 0 Å². The Morgan fingerprint density at radius 3 is 2.21 bits per heavy atom. The Morgan fingerprint density at radius 2 is 1.61 bits per heavy atom. The zero-order valence-corrected chi connectivity index (χ0v) is 15.4. The maximum absolute atomic E-state index is 12.3. The van der Waals surface area contributed by atoms with E-state index in [1.54, 1.807) is 17.0 Å². The van der Waals surface area contributed by atoms with Gasteiger partial charge in [0, 0.05) is 44.0 Å². The molecular formula is C20H22N4O4. The molecular weight excluding hydrogens is 360 g/mol. The van der Waals surface area contributed by atoms with Crippen molar-refractivity contribution >= 4 is 23.2 Å². The minimum absolute atomic E-state index is 0.0195. The molecule has 2 amide bonds. The molecule has 1 aliphatic heterocycles. The molecule has 1 N–H and O–H groups in total. The van der Waals surface area contributed by atoms with Gasteiger partial charge in [0.2, 0.25) is 11.8 Å². The second-order valence-corrected chi connectivity index (χ2v) is 6.58. The smallest absolute Gasteiger partial charge is 0.269 e. The maximum Gasteiger partial charge on any atom is 0.269 e. The normalized spacial score (nSPS) is 13.9. The van der Waals surface area contributed by atoms with E-state index in [0.29, 0.717) is 18.7 Å². The van der Waals surface area contributed by atoms with E-state index in [9.17, 15) is 19.7 Å². The molecule has 0 aliphatic carbocycles. The first-order valence-electron chi connectivity index (χ1n) is 9.11. The summed E-state index contributed by atoms with van der Waals surface area (Å²) in [7, 11) is 0. The van der Waals surface area contributed by atoms with Crippen molar-refractivity contribution in [1.82, 2.24) is 10.2 Å². The van der Waals surface area contributed by atoms with Crippen molar-refractivity contribution in [2.75, 3.05) is 37.6 Å². The number of piperazine rings is 1. The SMILES string of the molecule is O=C(Cc1ccc([N+](=O)[O-])cc1)NCC(=O)N1CCN(c2ccccc2)CC1. The molecule has 0 bridgehead atoms. The van der Waals surface area contributed by atoms with Gasteiger partial charge in [-0.05, 0) is 17.7 Å². The van der Waals surface area contributed by atoms with Gasteiger partial charge in [0.25, 0.3) is 5.69 Å². The standard InChI is InChI=1S/C20H22N4O4/c25-19(14-16-6-8-18(9-7-16)24(27)28)21-15-20(26)23-12-10-22(11-13-23)17-4-2-1-3-5-17/h1-9H,10-15H2,(H,21,25). The third kappa shape index (κ3) is 5.06. The molecule has 8 nitrogen and oxygen atoms in total. The first-order valence-corrected chi connectivity index (χ1v) is 9.11. The monoisotopic (exact) mass is 382 g/mol. The minimum atomic E-state index is -0.486. The van der Waals surface area contributed by atoms with E-state index >= 15 is 0 Å². The maximum atomic E-state index is 12.3. The number of amides is 2. The molecule has 28 heavy (non-hydrogen) atoms. The number of hydrogen-bond acceptors (Lipinski definition) is 5. The van der Waals surface area contributed by atoms with Crippen molar-refractivity contribution in [3.05, 3.63) is 70.3 Å². The molecule has 2 aromatic rings. The second kappa shape index (κ2) is 8.98. The van der Waals surface area contributed by atoms with Crippen molar-refractivity contribution in [2.24, 2.45) is 0 Å². The predicted octanol–water partition coefficient (Wildman–Crippen LogP) is 1.60. The molecule has 3 rings (SSSR count). The van der Waals surface area contributed by atoms with Crippen molar-refractivity contribution in [1.29, 1.82) is 0 Å². The van der Waals surface area contributed by atoms with E-state index in [4.69, 9.17) is 0 Å². The second-order valence-electron chi connectivity index (χ2n) is 6.58. The fraction of sp³-hybridized carbons (Fsp3) is 0.300. The molecule has 1 fully saturated rings. The molecule has 0 radical (unpaired) electrons. The highest BCUT2D eigenvalue weighted by atomic mass is 16.6. The average Bonchev–Trinajstić information content (AvgIpc) is 2.73. The number of rotatable bonds is 6. The van der Waals surface area contributed by atoms with Crippen LogP contribution in [0.5, 0.6) is 0 Å². The van der Waals surface area contributed by atoms with Gasteiger partial charge < -0.3 is 15.1 Å². The number of non-ortho nitro benzene ring substituents is 1. The highest BCUT2D eigenvalue weighted by molar-refractivity contribution is 5.85. The lowest BCUT2D eigenvalue weighted by Gasteiger charge is -2.36. The quantitative estimate of drug-likeness (QED) is 0.605. The van der Waals surface area contributed by atoms with Gasteiger partial charge in [-0.2, -0.15) is 0 Å². The van der Waals surface area contributed by atoms with E-state index in [-0.39, 0.29) is 30.5 Å². The molecule has 0 aromatic heterocycles. The molecule has 2 aromatic carbocycles. The number of nitrogens with one attached hydrogen (secondary N) is 1. The van der Waals surface area contributed by atoms with E-state index in [0.717, 1.165) is 18.8 Å². The van der Waals surface area contributed by atoms with E-state index in [2.05, 4.69) is 22.3 Å². The highest BCUT2D eigenvalue weighted by Crippen LogP contribution is 2.15. The molecule has 0 unspecified atom stereocenters. The van der Waals surface area contributed by atoms with Gasteiger partial charge in [0.1, 0.15) is 0 Å². The first-order chi connectivity index (χ1) is 13.5. The molecule has 0 saturated carbocycles. The van der Waals surface area contributed by atoms with Gasteiger partial charge in [0.15, 0.2) is 0 Å². The molecule has 8 heteroatoms. The predicted molar refractivity (Wildman–Crippen MR) is 105 cm³/mol. The Kier molecular flexibility index (Phi) is 6.21. The van der Waals surface area contributed by atoms with E-state index in [1.165, 1.54) is 12.1 Å². The number of anilines is 1. The van der Waals surface area contributed by atoms with Crippen LogP contribution in [0.2, 0.25) is 0 Å². The van der Waals surface area contributed by atoms with Gasteiger partial charge in [0.05, 0.1) is 17.9 Å². The molecule has 0 atom stereocenters. The number of para-hydroxylation sites is 1. The molecule has 0 spiro atoms. The van der Waals surface area contributed by atoms with Crippen LogP contribution in [0.1, 0.15) is 5.56 Å². The zero-order valence-electron chi connectivity index (χ0n) is 15.4. The van der Waals surface area contributed by atoms with Crippen LogP contribution in [0, 0.1) is 10.1 Å².